The minimum atomic E-state index is 0.560. The highest BCUT2D eigenvalue weighted by Gasteiger charge is 2.07. The van der Waals surface area contributed by atoms with Gasteiger partial charge in [-0.2, -0.15) is 0 Å². The monoisotopic (exact) mass is 220 g/mol. The van der Waals surface area contributed by atoms with Gasteiger partial charge in [-0.1, -0.05) is 11.6 Å². The van der Waals surface area contributed by atoms with Gasteiger partial charge in [-0.3, -0.25) is 9.97 Å². The Morgan fingerprint density at radius 3 is 2.67 bits per heavy atom. The van der Waals surface area contributed by atoms with Crippen molar-refractivity contribution in [2.45, 2.75) is 0 Å². The van der Waals surface area contributed by atoms with Gasteiger partial charge in [0.25, 0.3) is 0 Å². The Bertz CT molecular complexity index is 459. The highest BCUT2D eigenvalue weighted by Crippen LogP contribution is 2.29. The fourth-order valence-corrected chi connectivity index (χ4v) is 1.45. The average Bonchev–Trinajstić information content (AvgIpc) is 2.30. The van der Waals surface area contributed by atoms with Crippen LogP contribution in [-0.2, 0) is 0 Å². The maximum absolute atomic E-state index is 5.83. The van der Waals surface area contributed by atoms with Crippen LogP contribution in [0.25, 0.3) is 11.3 Å². The predicted molar refractivity (Wildman–Crippen MR) is 59.0 cm³/mol. The molecular weight excluding hydrogens is 212 g/mol. The summed E-state index contributed by atoms with van der Waals surface area (Å²) in [6, 6.07) is 5.49. The van der Waals surface area contributed by atoms with E-state index >= 15 is 0 Å². The van der Waals surface area contributed by atoms with Gasteiger partial charge in [0, 0.05) is 30.2 Å². The summed E-state index contributed by atoms with van der Waals surface area (Å²) in [5.41, 5.74) is 1.72. The molecule has 0 aliphatic heterocycles. The second-order valence-electron chi connectivity index (χ2n) is 2.94. The molecule has 76 valence electrons. The van der Waals surface area contributed by atoms with E-state index in [9.17, 15) is 0 Å². The summed E-state index contributed by atoms with van der Waals surface area (Å²) in [6.07, 6.45) is 5.02. The molecular formula is C11H9ClN2O. The number of halogens is 1. The number of nitrogens with zero attached hydrogens (tertiary/aromatic N) is 2. The van der Waals surface area contributed by atoms with Crippen molar-refractivity contribution in [3.8, 4) is 17.0 Å². The molecule has 0 aliphatic carbocycles. The molecule has 3 nitrogen and oxygen atoms in total. The first-order valence-electron chi connectivity index (χ1n) is 4.41. The molecule has 0 saturated carbocycles. The van der Waals surface area contributed by atoms with Crippen LogP contribution in [0, 0.1) is 0 Å². The molecule has 0 saturated heterocycles. The lowest BCUT2D eigenvalue weighted by Gasteiger charge is -2.07. The van der Waals surface area contributed by atoms with Crippen molar-refractivity contribution in [1.29, 1.82) is 0 Å². The van der Waals surface area contributed by atoms with Crippen molar-refractivity contribution in [2.75, 3.05) is 7.11 Å². The van der Waals surface area contributed by atoms with E-state index in [-0.39, 0.29) is 0 Å². The summed E-state index contributed by atoms with van der Waals surface area (Å²) in [5, 5.41) is 0.560. The Morgan fingerprint density at radius 1 is 1.27 bits per heavy atom. The molecule has 4 heteroatoms. The molecule has 0 bridgehead atoms. The van der Waals surface area contributed by atoms with Crippen molar-refractivity contribution in [3.05, 3.63) is 41.8 Å². The standard InChI is InChI=1S/C11H9ClN2O/c1-15-10-6-9(12)7-14-11(10)8-2-4-13-5-3-8/h2-7H,1H3. The highest BCUT2D eigenvalue weighted by molar-refractivity contribution is 6.30. The summed E-state index contributed by atoms with van der Waals surface area (Å²) < 4.78 is 5.21. The zero-order valence-electron chi connectivity index (χ0n) is 8.14. The third-order valence-corrected chi connectivity index (χ3v) is 2.20. The van der Waals surface area contributed by atoms with Gasteiger partial charge < -0.3 is 4.74 Å². The molecule has 2 heterocycles. The Kier molecular flexibility index (Phi) is 2.83. The van der Waals surface area contributed by atoms with Crippen molar-refractivity contribution in [2.24, 2.45) is 0 Å². The first-order chi connectivity index (χ1) is 7.31. The van der Waals surface area contributed by atoms with E-state index in [4.69, 9.17) is 16.3 Å². The molecule has 0 atom stereocenters. The van der Waals surface area contributed by atoms with Gasteiger partial charge in [0.1, 0.15) is 11.4 Å². The number of methoxy groups -OCH3 is 1. The number of rotatable bonds is 2. The van der Waals surface area contributed by atoms with Crippen molar-refractivity contribution in [1.82, 2.24) is 9.97 Å². The molecule has 0 fully saturated rings. The average molecular weight is 221 g/mol. The number of hydrogen-bond acceptors (Lipinski definition) is 3. The Hall–Kier alpha value is -1.61. The summed E-state index contributed by atoms with van der Waals surface area (Å²) in [5.74, 6) is 0.661. The molecule has 2 aromatic rings. The lowest BCUT2D eigenvalue weighted by atomic mass is 10.1. The van der Waals surface area contributed by atoms with E-state index in [1.807, 2.05) is 12.1 Å². The number of pyridine rings is 2. The van der Waals surface area contributed by atoms with Crippen molar-refractivity contribution in [3.63, 3.8) is 0 Å². The second kappa shape index (κ2) is 4.28. The molecule has 0 aliphatic rings. The van der Waals surface area contributed by atoms with E-state index in [1.54, 1.807) is 31.8 Å². The van der Waals surface area contributed by atoms with Gasteiger partial charge >= 0.3 is 0 Å². The van der Waals surface area contributed by atoms with E-state index in [0.717, 1.165) is 11.3 Å². The minimum absolute atomic E-state index is 0.560. The molecule has 0 radical (unpaired) electrons. The summed E-state index contributed by atoms with van der Waals surface area (Å²) in [4.78, 5) is 8.18. The van der Waals surface area contributed by atoms with Crippen LogP contribution in [0.3, 0.4) is 0 Å². The first-order valence-corrected chi connectivity index (χ1v) is 4.79. The lowest BCUT2D eigenvalue weighted by molar-refractivity contribution is 0.415. The second-order valence-corrected chi connectivity index (χ2v) is 3.38. The Morgan fingerprint density at radius 2 is 2.00 bits per heavy atom. The smallest absolute Gasteiger partial charge is 0.146 e. The lowest BCUT2D eigenvalue weighted by Crippen LogP contribution is -1.91. The van der Waals surface area contributed by atoms with Gasteiger partial charge in [0.2, 0.25) is 0 Å². The topological polar surface area (TPSA) is 35.0 Å². The van der Waals surface area contributed by atoms with E-state index < -0.39 is 0 Å². The van der Waals surface area contributed by atoms with Crippen LogP contribution in [0.2, 0.25) is 5.02 Å². The van der Waals surface area contributed by atoms with Gasteiger partial charge in [0.05, 0.1) is 12.1 Å². The van der Waals surface area contributed by atoms with Gasteiger partial charge in [0.15, 0.2) is 0 Å². The number of ether oxygens (including phenoxy) is 1. The van der Waals surface area contributed by atoms with Crippen molar-refractivity contribution < 1.29 is 4.74 Å². The molecule has 2 aromatic heterocycles. The highest BCUT2D eigenvalue weighted by atomic mass is 35.5. The Labute approximate surface area is 92.7 Å². The van der Waals surface area contributed by atoms with Crippen LogP contribution in [0.4, 0.5) is 0 Å². The zero-order chi connectivity index (χ0) is 10.7. The maximum Gasteiger partial charge on any atom is 0.146 e. The van der Waals surface area contributed by atoms with Crippen LogP contribution >= 0.6 is 11.6 Å². The third kappa shape index (κ3) is 2.07. The number of aromatic nitrogens is 2. The van der Waals surface area contributed by atoms with E-state index in [1.165, 1.54) is 0 Å². The van der Waals surface area contributed by atoms with E-state index in [2.05, 4.69) is 9.97 Å². The predicted octanol–water partition coefficient (Wildman–Crippen LogP) is 2.81. The largest absolute Gasteiger partial charge is 0.494 e. The minimum Gasteiger partial charge on any atom is -0.494 e. The molecule has 2 rings (SSSR count). The van der Waals surface area contributed by atoms with E-state index in [0.29, 0.717) is 10.8 Å². The normalized spacial score (nSPS) is 10.0. The fraction of sp³-hybridized carbons (Fsp3) is 0.0909. The van der Waals surface area contributed by atoms with Crippen LogP contribution < -0.4 is 4.74 Å². The van der Waals surface area contributed by atoms with Gasteiger partial charge in [-0.25, -0.2) is 0 Å². The summed E-state index contributed by atoms with van der Waals surface area (Å²) in [7, 11) is 1.60. The molecule has 15 heavy (non-hydrogen) atoms. The van der Waals surface area contributed by atoms with Gasteiger partial charge in [-0.15, -0.1) is 0 Å². The number of hydrogen-bond donors (Lipinski definition) is 0. The van der Waals surface area contributed by atoms with Crippen LogP contribution in [0.15, 0.2) is 36.8 Å². The quantitative estimate of drug-likeness (QED) is 0.781. The molecule has 0 amide bonds. The van der Waals surface area contributed by atoms with Crippen LogP contribution in [-0.4, -0.2) is 17.1 Å². The third-order valence-electron chi connectivity index (χ3n) is 1.99. The van der Waals surface area contributed by atoms with Crippen LogP contribution in [0.5, 0.6) is 5.75 Å². The summed E-state index contributed by atoms with van der Waals surface area (Å²) >= 11 is 5.83. The molecule has 0 aromatic carbocycles. The maximum atomic E-state index is 5.83. The SMILES string of the molecule is COc1cc(Cl)cnc1-c1ccncc1. The summed E-state index contributed by atoms with van der Waals surface area (Å²) in [6.45, 7) is 0. The van der Waals surface area contributed by atoms with Crippen molar-refractivity contribution >= 4 is 11.6 Å². The molecule has 0 N–H and O–H groups in total. The Balaban J connectivity index is 2.53. The zero-order valence-corrected chi connectivity index (χ0v) is 8.90. The van der Waals surface area contributed by atoms with Crippen LogP contribution in [0.1, 0.15) is 0 Å². The molecule has 0 spiro atoms. The molecule has 0 unspecified atom stereocenters. The van der Waals surface area contributed by atoms with Gasteiger partial charge in [-0.05, 0) is 12.1 Å². The fourth-order valence-electron chi connectivity index (χ4n) is 1.30. The first kappa shape index (κ1) is 9.93.